The summed E-state index contributed by atoms with van der Waals surface area (Å²) in [7, 11) is 1.56. The van der Waals surface area contributed by atoms with Crippen LogP contribution in [0.15, 0.2) is 12.1 Å². The lowest BCUT2D eigenvalue weighted by molar-refractivity contribution is -0.120. The van der Waals surface area contributed by atoms with Gasteiger partial charge in [0.05, 0.1) is 6.61 Å². The third-order valence-corrected chi connectivity index (χ3v) is 3.04. The number of carbonyl (C=O) groups is 1. The summed E-state index contributed by atoms with van der Waals surface area (Å²) in [5.41, 5.74) is 0.549. The maximum absolute atomic E-state index is 13.6. The van der Waals surface area contributed by atoms with Crippen LogP contribution in [0.4, 0.5) is 8.78 Å². The molecule has 0 aliphatic carbocycles. The van der Waals surface area contributed by atoms with Gasteiger partial charge in [0.25, 0.3) is 0 Å². The van der Waals surface area contributed by atoms with E-state index in [1.807, 2.05) is 0 Å². The molecular weight excluding hydrogens is 266 g/mol. The molecule has 20 heavy (non-hydrogen) atoms. The highest BCUT2D eigenvalue weighted by molar-refractivity contribution is 5.78. The molecule has 0 fully saturated rings. The van der Waals surface area contributed by atoms with E-state index in [1.165, 1.54) is 13.0 Å². The van der Waals surface area contributed by atoms with E-state index in [0.717, 1.165) is 6.07 Å². The van der Waals surface area contributed by atoms with E-state index in [9.17, 15) is 13.6 Å². The van der Waals surface area contributed by atoms with Crippen molar-refractivity contribution in [3.05, 3.63) is 29.3 Å². The number of hydrogen-bond acceptors (Lipinski definition) is 3. The van der Waals surface area contributed by atoms with Crippen LogP contribution in [0.5, 0.6) is 5.75 Å². The van der Waals surface area contributed by atoms with Crippen molar-refractivity contribution in [1.82, 2.24) is 0 Å². The normalized spacial score (nSPS) is 12.2. The van der Waals surface area contributed by atoms with E-state index in [0.29, 0.717) is 25.0 Å². The number of ketones is 1. The van der Waals surface area contributed by atoms with Crippen LogP contribution in [0, 0.1) is 17.6 Å². The molecule has 0 aliphatic rings. The summed E-state index contributed by atoms with van der Waals surface area (Å²) in [6.07, 6.45) is 0.951. The summed E-state index contributed by atoms with van der Waals surface area (Å²) in [6.45, 7) is 3.97. The Balaban J connectivity index is 2.78. The Labute approximate surface area is 117 Å². The smallest absolute Gasteiger partial charge is 0.200 e. The number of ether oxygens (including phenoxy) is 2. The number of rotatable bonds is 8. The number of halogens is 2. The number of carbonyl (C=O) groups excluding carboxylic acids is 1. The Hall–Kier alpha value is -1.49. The molecule has 0 amide bonds. The Morgan fingerprint density at radius 3 is 2.60 bits per heavy atom. The molecule has 1 aromatic rings. The summed E-state index contributed by atoms with van der Waals surface area (Å²) in [5.74, 6) is -2.30. The van der Waals surface area contributed by atoms with Gasteiger partial charge in [-0.2, -0.15) is 4.39 Å². The van der Waals surface area contributed by atoms with Crippen LogP contribution < -0.4 is 4.74 Å². The summed E-state index contributed by atoms with van der Waals surface area (Å²) in [4.78, 5) is 11.2. The van der Waals surface area contributed by atoms with Gasteiger partial charge in [-0.3, -0.25) is 4.79 Å². The zero-order valence-electron chi connectivity index (χ0n) is 12.0. The van der Waals surface area contributed by atoms with Gasteiger partial charge < -0.3 is 9.47 Å². The topological polar surface area (TPSA) is 35.5 Å². The van der Waals surface area contributed by atoms with Gasteiger partial charge in [0.15, 0.2) is 11.6 Å². The molecule has 0 radical (unpaired) electrons. The van der Waals surface area contributed by atoms with Crippen molar-refractivity contribution in [2.75, 3.05) is 20.3 Å². The minimum absolute atomic E-state index is 0.0114. The van der Waals surface area contributed by atoms with Crippen molar-refractivity contribution in [2.24, 2.45) is 5.92 Å². The molecule has 0 saturated carbocycles. The SMILES string of the molecule is COCCCOc1cc(CC(C)C(C)=O)cc(F)c1F. The van der Waals surface area contributed by atoms with Crippen molar-refractivity contribution in [1.29, 1.82) is 0 Å². The predicted molar refractivity (Wildman–Crippen MR) is 71.9 cm³/mol. The fourth-order valence-corrected chi connectivity index (χ4v) is 1.72. The number of methoxy groups -OCH3 is 1. The van der Waals surface area contributed by atoms with Gasteiger partial charge in [-0.25, -0.2) is 4.39 Å². The Kier molecular flexibility index (Phi) is 6.58. The molecule has 0 aromatic heterocycles. The van der Waals surface area contributed by atoms with Crippen molar-refractivity contribution >= 4 is 5.78 Å². The van der Waals surface area contributed by atoms with E-state index in [4.69, 9.17) is 9.47 Å². The first-order valence-corrected chi connectivity index (χ1v) is 6.55. The summed E-state index contributed by atoms with van der Waals surface area (Å²) in [6, 6.07) is 2.56. The molecule has 1 aromatic carbocycles. The monoisotopic (exact) mass is 286 g/mol. The molecule has 0 spiro atoms. The lowest BCUT2D eigenvalue weighted by Crippen LogP contribution is -2.10. The first kappa shape index (κ1) is 16.6. The van der Waals surface area contributed by atoms with E-state index < -0.39 is 11.6 Å². The minimum atomic E-state index is -0.998. The number of hydrogen-bond donors (Lipinski definition) is 0. The molecule has 0 saturated heterocycles. The van der Waals surface area contributed by atoms with Gasteiger partial charge in [0.2, 0.25) is 5.82 Å². The third kappa shape index (κ3) is 4.89. The molecule has 0 aliphatic heterocycles. The molecule has 3 nitrogen and oxygen atoms in total. The summed E-state index contributed by atoms with van der Waals surface area (Å²) in [5, 5.41) is 0. The average Bonchev–Trinajstić information content (AvgIpc) is 2.39. The third-order valence-electron chi connectivity index (χ3n) is 3.04. The first-order valence-electron chi connectivity index (χ1n) is 6.55. The van der Waals surface area contributed by atoms with Crippen molar-refractivity contribution in [2.45, 2.75) is 26.7 Å². The molecule has 0 heterocycles. The van der Waals surface area contributed by atoms with Crippen LogP contribution in [-0.4, -0.2) is 26.1 Å². The molecular formula is C15H20F2O3. The van der Waals surface area contributed by atoms with Crippen molar-refractivity contribution < 1.29 is 23.0 Å². The van der Waals surface area contributed by atoms with E-state index >= 15 is 0 Å². The van der Waals surface area contributed by atoms with Gasteiger partial charge >= 0.3 is 0 Å². The second kappa shape index (κ2) is 7.94. The highest BCUT2D eigenvalue weighted by Crippen LogP contribution is 2.24. The molecule has 1 atom stereocenters. The molecule has 112 valence electrons. The number of benzene rings is 1. The Bertz CT molecular complexity index is 461. The highest BCUT2D eigenvalue weighted by atomic mass is 19.2. The molecule has 0 N–H and O–H groups in total. The van der Waals surface area contributed by atoms with Gasteiger partial charge in [-0.1, -0.05) is 6.92 Å². The Morgan fingerprint density at radius 2 is 2.00 bits per heavy atom. The van der Waals surface area contributed by atoms with Crippen LogP contribution in [0.25, 0.3) is 0 Å². The largest absolute Gasteiger partial charge is 0.490 e. The molecule has 0 bridgehead atoms. The minimum Gasteiger partial charge on any atom is -0.490 e. The fraction of sp³-hybridized carbons (Fsp3) is 0.533. The predicted octanol–water partition coefficient (Wildman–Crippen LogP) is 3.15. The van der Waals surface area contributed by atoms with Gasteiger partial charge in [0, 0.05) is 26.1 Å². The van der Waals surface area contributed by atoms with Gasteiger partial charge in [-0.05, 0) is 31.0 Å². The second-order valence-corrected chi connectivity index (χ2v) is 4.80. The zero-order valence-corrected chi connectivity index (χ0v) is 12.0. The highest BCUT2D eigenvalue weighted by Gasteiger charge is 2.15. The summed E-state index contributed by atoms with van der Waals surface area (Å²) < 4.78 is 37.2. The van der Waals surface area contributed by atoms with E-state index in [2.05, 4.69) is 0 Å². The maximum atomic E-state index is 13.6. The summed E-state index contributed by atoms with van der Waals surface area (Å²) >= 11 is 0. The van der Waals surface area contributed by atoms with Gasteiger partial charge in [0.1, 0.15) is 5.78 Å². The first-order chi connectivity index (χ1) is 9.45. The zero-order chi connectivity index (χ0) is 15.1. The maximum Gasteiger partial charge on any atom is 0.200 e. The average molecular weight is 286 g/mol. The van der Waals surface area contributed by atoms with Crippen LogP contribution in [0.3, 0.4) is 0 Å². The fourth-order valence-electron chi connectivity index (χ4n) is 1.72. The number of Topliss-reactive ketones (excluding diaryl/α,β-unsaturated/α-hetero) is 1. The van der Waals surface area contributed by atoms with Crippen LogP contribution >= 0.6 is 0 Å². The van der Waals surface area contributed by atoms with Crippen LogP contribution in [0.2, 0.25) is 0 Å². The van der Waals surface area contributed by atoms with Gasteiger partial charge in [-0.15, -0.1) is 0 Å². The second-order valence-electron chi connectivity index (χ2n) is 4.80. The van der Waals surface area contributed by atoms with Crippen LogP contribution in [0.1, 0.15) is 25.8 Å². The quantitative estimate of drug-likeness (QED) is 0.689. The standard InChI is InChI=1S/C15H20F2O3/c1-10(11(2)18)7-12-8-13(16)15(17)14(9-12)20-6-4-5-19-3/h8-10H,4-7H2,1-3H3. The molecule has 5 heteroatoms. The van der Waals surface area contributed by atoms with Crippen LogP contribution in [-0.2, 0) is 16.0 Å². The lowest BCUT2D eigenvalue weighted by atomic mass is 9.97. The van der Waals surface area contributed by atoms with Crippen molar-refractivity contribution in [3.63, 3.8) is 0 Å². The van der Waals surface area contributed by atoms with E-state index in [1.54, 1.807) is 14.0 Å². The lowest BCUT2D eigenvalue weighted by Gasteiger charge is -2.12. The van der Waals surface area contributed by atoms with Crippen molar-refractivity contribution in [3.8, 4) is 5.75 Å². The van der Waals surface area contributed by atoms with E-state index in [-0.39, 0.29) is 24.1 Å². The molecule has 1 rings (SSSR count). The molecule has 1 unspecified atom stereocenters. The Morgan fingerprint density at radius 1 is 1.30 bits per heavy atom.